The molecule has 2 aromatic heterocycles. The third-order valence-corrected chi connectivity index (χ3v) is 4.86. The molecule has 1 aliphatic rings. The number of thiophene rings is 1. The molecule has 2 amide bonds. The molecular formula is C17H20N2O3S. The summed E-state index contributed by atoms with van der Waals surface area (Å²) in [4.78, 5) is 27.2. The Morgan fingerprint density at radius 2 is 2.30 bits per heavy atom. The lowest BCUT2D eigenvalue weighted by atomic mass is 10.2. The third-order valence-electron chi connectivity index (χ3n) is 4.00. The van der Waals surface area contributed by atoms with E-state index in [0.717, 1.165) is 16.4 Å². The van der Waals surface area contributed by atoms with Crippen molar-refractivity contribution in [2.75, 3.05) is 6.54 Å². The van der Waals surface area contributed by atoms with E-state index in [9.17, 15) is 9.59 Å². The molecule has 0 bridgehead atoms. The fourth-order valence-corrected chi connectivity index (χ4v) is 3.52. The topological polar surface area (TPSA) is 62.6 Å². The van der Waals surface area contributed by atoms with Crippen LogP contribution < -0.4 is 5.32 Å². The van der Waals surface area contributed by atoms with Crippen LogP contribution in [0.3, 0.4) is 0 Å². The van der Waals surface area contributed by atoms with Crippen LogP contribution in [0.2, 0.25) is 0 Å². The van der Waals surface area contributed by atoms with E-state index in [1.54, 1.807) is 16.2 Å². The zero-order chi connectivity index (χ0) is 16.2. The summed E-state index contributed by atoms with van der Waals surface area (Å²) in [5, 5.41) is 4.91. The van der Waals surface area contributed by atoms with Gasteiger partial charge in [0.1, 0.15) is 17.6 Å². The van der Waals surface area contributed by atoms with Gasteiger partial charge in [0, 0.05) is 24.3 Å². The van der Waals surface area contributed by atoms with E-state index < -0.39 is 0 Å². The van der Waals surface area contributed by atoms with Crippen molar-refractivity contribution < 1.29 is 14.0 Å². The maximum absolute atomic E-state index is 12.4. The van der Waals surface area contributed by atoms with Gasteiger partial charge in [-0.2, -0.15) is 0 Å². The lowest BCUT2D eigenvalue weighted by Gasteiger charge is -2.23. The number of furan rings is 1. The van der Waals surface area contributed by atoms with Crippen LogP contribution >= 0.6 is 11.3 Å². The van der Waals surface area contributed by atoms with E-state index in [-0.39, 0.29) is 17.9 Å². The minimum absolute atomic E-state index is 0.0557. The lowest BCUT2D eigenvalue weighted by molar-refractivity contribution is -0.135. The summed E-state index contributed by atoms with van der Waals surface area (Å²) >= 11 is 1.61. The summed E-state index contributed by atoms with van der Waals surface area (Å²) in [7, 11) is 0. The summed E-state index contributed by atoms with van der Waals surface area (Å²) in [5.74, 6) is 1.71. The number of hydrogen-bond donors (Lipinski definition) is 1. The largest absolute Gasteiger partial charge is 0.466 e. The molecule has 0 unspecified atom stereocenters. The Balaban J connectivity index is 1.53. The second-order valence-corrected chi connectivity index (χ2v) is 6.74. The van der Waals surface area contributed by atoms with E-state index in [2.05, 4.69) is 5.32 Å². The Morgan fingerprint density at radius 1 is 1.43 bits per heavy atom. The summed E-state index contributed by atoms with van der Waals surface area (Å²) in [5.41, 5.74) is 0. The molecule has 0 radical (unpaired) electrons. The van der Waals surface area contributed by atoms with Crippen molar-refractivity contribution in [3.05, 3.63) is 46.0 Å². The lowest BCUT2D eigenvalue weighted by Crippen LogP contribution is -2.44. The fourth-order valence-electron chi connectivity index (χ4n) is 2.82. The van der Waals surface area contributed by atoms with Gasteiger partial charge in [0.15, 0.2) is 0 Å². The van der Waals surface area contributed by atoms with Crippen LogP contribution in [-0.4, -0.2) is 29.3 Å². The monoisotopic (exact) mass is 332 g/mol. The number of hydrogen-bond acceptors (Lipinski definition) is 4. The average Bonchev–Trinajstić information content (AvgIpc) is 3.24. The van der Waals surface area contributed by atoms with Crippen LogP contribution in [0.4, 0.5) is 0 Å². The summed E-state index contributed by atoms with van der Waals surface area (Å²) in [6.07, 6.45) is 1.70. The zero-order valence-corrected chi connectivity index (χ0v) is 13.9. The second-order valence-electron chi connectivity index (χ2n) is 5.71. The molecule has 0 saturated carbocycles. The van der Waals surface area contributed by atoms with Crippen LogP contribution in [0.15, 0.2) is 34.1 Å². The Morgan fingerprint density at radius 3 is 3.00 bits per heavy atom. The van der Waals surface area contributed by atoms with Crippen molar-refractivity contribution in [1.82, 2.24) is 10.2 Å². The van der Waals surface area contributed by atoms with Crippen LogP contribution in [0.5, 0.6) is 0 Å². The van der Waals surface area contributed by atoms with E-state index >= 15 is 0 Å². The van der Waals surface area contributed by atoms with Crippen LogP contribution in [0, 0.1) is 6.92 Å². The number of rotatable bonds is 6. The number of carbonyl (C=O) groups is 2. The van der Waals surface area contributed by atoms with Gasteiger partial charge in [-0.3, -0.25) is 9.59 Å². The molecule has 2 aromatic rings. The first-order chi connectivity index (χ1) is 11.1. The van der Waals surface area contributed by atoms with Crippen molar-refractivity contribution in [2.45, 2.75) is 38.8 Å². The van der Waals surface area contributed by atoms with Gasteiger partial charge < -0.3 is 14.6 Å². The summed E-state index contributed by atoms with van der Waals surface area (Å²) in [6, 6.07) is 7.42. The number of carbonyl (C=O) groups excluding carboxylic acids is 2. The normalized spacial score (nSPS) is 17.7. The first-order valence-corrected chi connectivity index (χ1v) is 8.66. The summed E-state index contributed by atoms with van der Waals surface area (Å²) < 4.78 is 5.48. The molecule has 1 aliphatic heterocycles. The predicted molar refractivity (Wildman–Crippen MR) is 88.0 cm³/mol. The standard InChI is InChI=1S/C17H20N2O3S/c1-12-4-5-13(22-12)8-9-18-17(21)15-6-7-16(20)19(15)11-14-3-2-10-23-14/h2-5,10,15H,6-9,11H2,1H3,(H,18,21)/t15-/m1/s1. The zero-order valence-electron chi connectivity index (χ0n) is 13.1. The molecule has 3 heterocycles. The molecule has 5 nitrogen and oxygen atoms in total. The molecule has 0 aliphatic carbocycles. The van der Waals surface area contributed by atoms with E-state index in [4.69, 9.17) is 4.42 Å². The molecule has 1 saturated heterocycles. The van der Waals surface area contributed by atoms with E-state index in [1.165, 1.54) is 0 Å². The molecule has 1 atom stereocenters. The number of nitrogens with one attached hydrogen (secondary N) is 1. The fraction of sp³-hybridized carbons (Fsp3) is 0.412. The van der Waals surface area contributed by atoms with Crippen LogP contribution in [-0.2, 0) is 22.6 Å². The molecule has 0 spiro atoms. The molecule has 23 heavy (non-hydrogen) atoms. The molecule has 3 rings (SSSR count). The quantitative estimate of drug-likeness (QED) is 0.884. The van der Waals surface area contributed by atoms with Gasteiger partial charge >= 0.3 is 0 Å². The van der Waals surface area contributed by atoms with Crippen molar-refractivity contribution in [3.8, 4) is 0 Å². The van der Waals surface area contributed by atoms with Crippen molar-refractivity contribution in [1.29, 1.82) is 0 Å². The Hall–Kier alpha value is -2.08. The highest BCUT2D eigenvalue weighted by Gasteiger charge is 2.35. The molecule has 6 heteroatoms. The highest BCUT2D eigenvalue weighted by Crippen LogP contribution is 2.23. The Bertz CT molecular complexity index is 678. The highest BCUT2D eigenvalue weighted by molar-refractivity contribution is 7.09. The average molecular weight is 332 g/mol. The number of amides is 2. The number of nitrogens with zero attached hydrogens (tertiary/aromatic N) is 1. The predicted octanol–water partition coefficient (Wildman–Crippen LogP) is 2.50. The summed E-state index contributed by atoms with van der Waals surface area (Å²) in [6.45, 7) is 2.93. The minimum atomic E-state index is -0.358. The van der Waals surface area contributed by atoms with Gasteiger partial charge in [0.05, 0.1) is 6.54 Å². The Kier molecular flexibility index (Phi) is 4.81. The molecule has 1 fully saturated rings. The molecule has 1 N–H and O–H groups in total. The maximum atomic E-state index is 12.4. The van der Waals surface area contributed by atoms with E-state index in [1.807, 2.05) is 36.6 Å². The Labute approximate surface area is 139 Å². The third kappa shape index (κ3) is 3.82. The highest BCUT2D eigenvalue weighted by atomic mass is 32.1. The first kappa shape index (κ1) is 15.8. The first-order valence-electron chi connectivity index (χ1n) is 7.78. The smallest absolute Gasteiger partial charge is 0.242 e. The van der Waals surface area contributed by atoms with Crippen LogP contribution in [0.25, 0.3) is 0 Å². The van der Waals surface area contributed by atoms with Crippen molar-refractivity contribution in [2.24, 2.45) is 0 Å². The van der Waals surface area contributed by atoms with Crippen molar-refractivity contribution in [3.63, 3.8) is 0 Å². The molecule has 122 valence electrons. The van der Waals surface area contributed by atoms with Gasteiger partial charge in [0.25, 0.3) is 0 Å². The van der Waals surface area contributed by atoms with Crippen LogP contribution in [0.1, 0.15) is 29.2 Å². The number of likely N-dealkylation sites (tertiary alicyclic amines) is 1. The maximum Gasteiger partial charge on any atom is 0.242 e. The van der Waals surface area contributed by atoms with Gasteiger partial charge in [-0.05, 0) is 36.9 Å². The minimum Gasteiger partial charge on any atom is -0.466 e. The van der Waals surface area contributed by atoms with Gasteiger partial charge in [-0.25, -0.2) is 0 Å². The van der Waals surface area contributed by atoms with E-state index in [0.29, 0.717) is 32.4 Å². The second kappa shape index (κ2) is 7.00. The van der Waals surface area contributed by atoms with Crippen molar-refractivity contribution >= 4 is 23.2 Å². The SMILES string of the molecule is Cc1ccc(CCNC(=O)[C@H]2CCC(=O)N2Cc2cccs2)o1. The van der Waals surface area contributed by atoms with Gasteiger partial charge in [0.2, 0.25) is 11.8 Å². The van der Waals surface area contributed by atoms with Gasteiger partial charge in [-0.1, -0.05) is 6.07 Å². The number of aryl methyl sites for hydroxylation is 1. The molecule has 0 aromatic carbocycles. The van der Waals surface area contributed by atoms with Gasteiger partial charge in [-0.15, -0.1) is 11.3 Å². The molecular weight excluding hydrogens is 312 g/mol.